The number of benzene rings is 3. The number of carbonyl (C=O) groups excluding carboxylic acids is 1. The Kier molecular flexibility index (Phi) is 11.1. The van der Waals surface area contributed by atoms with Gasteiger partial charge >= 0.3 is 6.09 Å². The van der Waals surface area contributed by atoms with Gasteiger partial charge in [0.1, 0.15) is 23.1 Å². The van der Waals surface area contributed by atoms with Crippen molar-refractivity contribution in [2.24, 2.45) is 5.73 Å². The Hall–Kier alpha value is -3.31. The van der Waals surface area contributed by atoms with E-state index in [-0.39, 0.29) is 18.5 Å². The topological polar surface area (TPSA) is 86.1 Å². The van der Waals surface area contributed by atoms with Gasteiger partial charge in [-0.05, 0) is 81.1 Å². The van der Waals surface area contributed by atoms with Gasteiger partial charge in [-0.25, -0.2) is 18.0 Å². The molecular weight excluding hydrogens is 631 g/mol. The molecule has 2 aliphatic rings. The summed E-state index contributed by atoms with van der Waals surface area (Å²) < 4.78 is 61.8. The van der Waals surface area contributed by atoms with Gasteiger partial charge in [0.15, 0.2) is 0 Å². The van der Waals surface area contributed by atoms with E-state index in [2.05, 4.69) is 5.32 Å². The highest BCUT2D eigenvalue weighted by Gasteiger charge is 2.44. The molecular formula is C36H43ClF3N3O4. The van der Waals surface area contributed by atoms with Gasteiger partial charge in [-0.3, -0.25) is 0 Å². The van der Waals surface area contributed by atoms with Gasteiger partial charge in [-0.2, -0.15) is 0 Å². The van der Waals surface area contributed by atoms with Gasteiger partial charge in [-0.1, -0.05) is 29.8 Å². The minimum absolute atomic E-state index is 0.178. The molecule has 0 bridgehead atoms. The van der Waals surface area contributed by atoms with Crippen molar-refractivity contribution in [3.8, 4) is 0 Å². The van der Waals surface area contributed by atoms with Crippen LogP contribution in [0.25, 0.3) is 0 Å². The second kappa shape index (κ2) is 14.8. The van der Waals surface area contributed by atoms with Crippen LogP contribution >= 0.6 is 11.6 Å². The van der Waals surface area contributed by atoms with Crippen LogP contribution in [0.5, 0.6) is 0 Å². The number of amides is 1. The summed E-state index contributed by atoms with van der Waals surface area (Å²) in [5.41, 5.74) is 7.64. The summed E-state index contributed by atoms with van der Waals surface area (Å²) in [6, 6.07) is 14.5. The van der Waals surface area contributed by atoms with E-state index in [9.17, 15) is 13.6 Å². The third-order valence-electron chi connectivity index (χ3n) is 8.64. The highest BCUT2D eigenvalue weighted by molar-refractivity contribution is 6.30. The maximum absolute atomic E-state index is 15.4. The normalized spacial score (nSPS) is 19.3. The summed E-state index contributed by atoms with van der Waals surface area (Å²) in [4.78, 5) is 14.8. The Bertz CT molecular complexity index is 1510. The second-order valence-corrected chi connectivity index (χ2v) is 13.9. The van der Waals surface area contributed by atoms with Gasteiger partial charge in [0, 0.05) is 66.9 Å². The third kappa shape index (κ3) is 9.19. The van der Waals surface area contributed by atoms with Gasteiger partial charge in [0.2, 0.25) is 0 Å². The van der Waals surface area contributed by atoms with Crippen molar-refractivity contribution >= 4 is 23.4 Å². The summed E-state index contributed by atoms with van der Waals surface area (Å²) in [6.07, 6.45) is 1.35. The minimum Gasteiger partial charge on any atom is -0.444 e. The smallest absolute Gasteiger partial charge is 0.410 e. The largest absolute Gasteiger partial charge is 0.444 e. The van der Waals surface area contributed by atoms with Crippen LogP contribution in [0.1, 0.15) is 62.6 Å². The zero-order valence-electron chi connectivity index (χ0n) is 27.0. The molecule has 0 aromatic heterocycles. The molecule has 1 spiro atoms. The summed E-state index contributed by atoms with van der Waals surface area (Å²) in [5, 5.41) is 3.81. The molecule has 47 heavy (non-hydrogen) atoms. The fourth-order valence-corrected chi connectivity index (χ4v) is 6.59. The standard InChI is InChI=1S/C36H43ClF3N3O4/c1-35(2,3)47-34(44)43-21-28(46-36(22-43)13-15-45-16-14-36)11-12-29-30(40)5-4-6-32(29)42-20-31(41)33(23-7-9-25(37)10-8-23)24-17-26(38)19-27(39)18-24/h4-10,17-19,28,31,33,42H,11-16,20-22,41H2,1-3H3/t28-,31-,33+/m1/s1. The lowest BCUT2D eigenvalue weighted by molar-refractivity contribution is -0.186. The number of hydrogen-bond donors (Lipinski definition) is 2. The first-order chi connectivity index (χ1) is 22.3. The third-order valence-corrected chi connectivity index (χ3v) is 8.89. The lowest BCUT2D eigenvalue weighted by Gasteiger charge is -2.48. The van der Waals surface area contributed by atoms with E-state index >= 15 is 4.39 Å². The van der Waals surface area contributed by atoms with Crippen LogP contribution in [0.15, 0.2) is 60.7 Å². The van der Waals surface area contributed by atoms with Gasteiger partial charge < -0.3 is 30.2 Å². The summed E-state index contributed by atoms with van der Waals surface area (Å²) in [7, 11) is 0. The fourth-order valence-electron chi connectivity index (χ4n) is 6.46. The van der Waals surface area contributed by atoms with E-state index < -0.39 is 40.9 Å². The van der Waals surface area contributed by atoms with Crippen LogP contribution in [0.3, 0.4) is 0 Å². The molecule has 11 heteroatoms. The summed E-state index contributed by atoms with van der Waals surface area (Å²) in [6.45, 7) is 7.49. The molecule has 3 aromatic rings. The fraction of sp³-hybridized carbons (Fsp3) is 0.472. The van der Waals surface area contributed by atoms with E-state index in [1.807, 2.05) is 20.8 Å². The zero-order chi connectivity index (χ0) is 33.8. The van der Waals surface area contributed by atoms with Crippen molar-refractivity contribution in [2.45, 2.75) is 75.7 Å². The molecule has 2 saturated heterocycles. The maximum atomic E-state index is 15.4. The highest BCUT2D eigenvalue weighted by Crippen LogP contribution is 2.35. The predicted octanol–water partition coefficient (Wildman–Crippen LogP) is 7.45. The van der Waals surface area contributed by atoms with E-state index in [0.717, 1.165) is 11.6 Å². The highest BCUT2D eigenvalue weighted by atomic mass is 35.5. The number of nitrogens with zero attached hydrogens (tertiary/aromatic N) is 1. The van der Waals surface area contributed by atoms with Crippen molar-refractivity contribution in [2.75, 3.05) is 38.2 Å². The van der Waals surface area contributed by atoms with Crippen LogP contribution < -0.4 is 11.1 Å². The molecule has 0 saturated carbocycles. The van der Waals surface area contributed by atoms with E-state index in [0.29, 0.717) is 73.8 Å². The average Bonchev–Trinajstić information content (AvgIpc) is 2.99. The second-order valence-electron chi connectivity index (χ2n) is 13.5. The Morgan fingerprint density at radius 2 is 1.74 bits per heavy atom. The Labute approximate surface area is 279 Å². The molecule has 0 radical (unpaired) electrons. The summed E-state index contributed by atoms with van der Waals surface area (Å²) in [5.74, 6) is -2.37. The van der Waals surface area contributed by atoms with Crippen molar-refractivity contribution in [3.05, 3.63) is 99.8 Å². The molecule has 2 fully saturated rings. The number of morpholine rings is 1. The van der Waals surface area contributed by atoms with Crippen LogP contribution in [0, 0.1) is 17.5 Å². The molecule has 0 aliphatic carbocycles. The van der Waals surface area contributed by atoms with Crippen LogP contribution in [0.2, 0.25) is 5.02 Å². The van der Waals surface area contributed by atoms with E-state index in [1.165, 1.54) is 18.2 Å². The van der Waals surface area contributed by atoms with Gasteiger partial charge in [-0.15, -0.1) is 0 Å². The molecule has 3 N–H and O–H groups in total. The number of ether oxygens (including phenoxy) is 3. The molecule has 3 atom stereocenters. The van der Waals surface area contributed by atoms with Crippen molar-refractivity contribution < 1.29 is 32.2 Å². The Morgan fingerprint density at radius 3 is 2.40 bits per heavy atom. The first-order valence-corrected chi connectivity index (χ1v) is 16.4. The minimum atomic E-state index is -0.704. The number of anilines is 1. The number of carbonyl (C=O) groups is 1. The number of rotatable bonds is 9. The quantitative estimate of drug-likeness (QED) is 0.246. The lowest BCUT2D eigenvalue weighted by Crippen LogP contribution is -2.59. The van der Waals surface area contributed by atoms with Crippen molar-refractivity contribution in [1.29, 1.82) is 0 Å². The van der Waals surface area contributed by atoms with Crippen molar-refractivity contribution in [1.82, 2.24) is 4.90 Å². The molecule has 5 rings (SSSR count). The monoisotopic (exact) mass is 673 g/mol. The first-order valence-electron chi connectivity index (χ1n) is 16.0. The lowest BCUT2D eigenvalue weighted by atomic mass is 9.85. The molecule has 1 amide bonds. The number of nitrogens with two attached hydrogens (primary N) is 1. The molecule has 2 aliphatic heterocycles. The predicted molar refractivity (Wildman–Crippen MR) is 176 cm³/mol. The number of halogens is 4. The van der Waals surface area contributed by atoms with Crippen LogP contribution in [-0.2, 0) is 20.6 Å². The maximum Gasteiger partial charge on any atom is 0.410 e. The molecule has 7 nitrogen and oxygen atoms in total. The Morgan fingerprint density at radius 1 is 1.06 bits per heavy atom. The number of nitrogens with one attached hydrogen (secondary N) is 1. The molecule has 3 aromatic carbocycles. The van der Waals surface area contributed by atoms with E-state index in [4.69, 9.17) is 31.5 Å². The van der Waals surface area contributed by atoms with Crippen molar-refractivity contribution in [3.63, 3.8) is 0 Å². The molecule has 0 unspecified atom stereocenters. The molecule has 254 valence electrons. The Balaban J connectivity index is 1.32. The SMILES string of the molecule is CC(C)(C)OC(=O)N1C[C@@H](CCc2c(F)cccc2NC[C@@H](N)[C@@H](c2ccc(Cl)cc2)c2cc(F)cc(F)c2)OC2(CCOCC2)C1. The number of hydrogen-bond acceptors (Lipinski definition) is 6. The van der Waals surface area contributed by atoms with Gasteiger partial charge in [0.05, 0.1) is 24.8 Å². The first kappa shape index (κ1) is 35.0. The zero-order valence-corrected chi connectivity index (χ0v) is 27.8. The van der Waals surface area contributed by atoms with Crippen LogP contribution in [-0.4, -0.2) is 67.2 Å². The van der Waals surface area contributed by atoms with E-state index in [1.54, 1.807) is 41.3 Å². The summed E-state index contributed by atoms with van der Waals surface area (Å²) >= 11 is 6.10. The average molecular weight is 674 g/mol. The van der Waals surface area contributed by atoms with Crippen LogP contribution in [0.4, 0.5) is 23.7 Å². The molecule has 2 heterocycles. The van der Waals surface area contributed by atoms with Gasteiger partial charge in [0.25, 0.3) is 0 Å².